The number of hydrogen-bond acceptors (Lipinski definition) is 8. The van der Waals surface area contributed by atoms with Crippen molar-refractivity contribution in [3.63, 3.8) is 0 Å². The molecule has 1 aromatic carbocycles. The van der Waals surface area contributed by atoms with Gasteiger partial charge in [0, 0.05) is 58.9 Å². The zero-order chi connectivity index (χ0) is 22.2. The number of aliphatic hydroxyl groups is 1. The summed E-state index contributed by atoms with van der Waals surface area (Å²) in [5.74, 6) is 1.60. The second-order valence-electron chi connectivity index (χ2n) is 9.09. The Kier molecular flexibility index (Phi) is 8.62. The fraction of sp³-hybridized carbons (Fsp3) is 0.750. The van der Waals surface area contributed by atoms with Crippen LogP contribution in [0.1, 0.15) is 18.9 Å². The van der Waals surface area contributed by atoms with E-state index >= 15 is 0 Å². The van der Waals surface area contributed by atoms with Crippen LogP contribution in [0.5, 0.6) is 11.5 Å². The lowest BCUT2D eigenvalue weighted by atomic mass is 10.0. The summed E-state index contributed by atoms with van der Waals surface area (Å²) in [6.45, 7) is 14.2. The van der Waals surface area contributed by atoms with Crippen LogP contribution < -0.4 is 9.47 Å². The van der Waals surface area contributed by atoms with Crippen molar-refractivity contribution in [3.05, 3.63) is 23.8 Å². The fourth-order valence-corrected chi connectivity index (χ4v) is 4.79. The smallest absolute Gasteiger partial charge is 0.161 e. The van der Waals surface area contributed by atoms with Gasteiger partial charge in [-0.15, -0.1) is 0 Å². The van der Waals surface area contributed by atoms with Gasteiger partial charge in [0.25, 0.3) is 0 Å². The number of likely N-dealkylation sites (tertiary alicyclic amines) is 1. The normalized spacial score (nSPS) is 25.8. The molecule has 1 atom stereocenters. The number of benzene rings is 1. The molecule has 0 saturated carbocycles. The minimum atomic E-state index is -0.636. The summed E-state index contributed by atoms with van der Waals surface area (Å²) in [5.41, 5.74) is 0.549. The SMILES string of the molecule is CCOc1cc(CN2CCC(O)(CN3CCOCC3)C2)ccc1OCCN1CCOCC1. The molecule has 3 aliphatic heterocycles. The Morgan fingerprint density at radius 2 is 1.62 bits per heavy atom. The van der Waals surface area contributed by atoms with Crippen molar-refractivity contribution < 1.29 is 24.1 Å². The molecule has 0 radical (unpaired) electrons. The van der Waals surface area contributed by atoms with Crippen LogP contribution in [0.25, 0.3) is 0 Å². The first kappa shape index (κ1) is 23.7. The summed E-state index contributed by atoms with van der Waals surface area (Å²) in [5, 5.41) is 11.1. The third-order valence-electron chi connectivity index (χ3n) is 6.52. The Labute approximate surface area is 192 Å². The molecule has 180 valence electrons. The number of morpholine rings is 2. The van der Waals surface area contributed by atoms with Gasteiger partial charge in [0.1, 0.15) is 6.61 Å². The molecule has 8 nitrogen and oxygen atoms in total. The minimum Gasteiger partial charge on any atom is -0.490 e. The summed E-state index contributed by atoms with van der Waals surface area (Å²) in [6, 6.07) is 6.23. The molecule has 32 heavy (non-hydrogen) atoms. The predicted octanol–water partition coefficient (Wildman–Crippen LogP) is 1.07. The first-order chi connectivity index (χ1) is 15.6. The van der Waals surface area contributed by atoms with Gasteiger partial charge in [0.2, 0.25) is 0 Å². The van der Waals surface area contributed by atoms with Crippen LogP contribution >= 0.6 is 0 Å². The van der Waals surface area contributed by atoms with Gasteiger partial charge in [0.15, 0.2) is 11.5 Å². The summed E-state index contributed by atoms with van der Waals surface area (Å²) in [4.78, 5) is 7.03. The Balaban J connectivity index is 1.29. The van der Waals surface area contributed by atoms with Crippen molar-refractivity contribution in [1.82, 2.24) is 14.7 Å². The zero-order valence-electron chi connectivity index (χ0n) is 19.5. The van der Waals surface area contributed by atoms with E-state index < -0.39 is 5.60 Å². The van der Waals surface area contributed by atoms with E-state index in [1.165, 1.54) is 5.56 Å². The highest BCUT2D eigenvalue weighted by atomic mass is 16.5. The number of ether oxygens (including phenoxy) is 4. The lowest BCUT2D eigenvalue weighted by Gasteiger charge is -2.33. The van der Waals surface area contributed by atoms with Crippen LogP contribution in [0.4, 0.5) is 0 Å². The molecule has 1 unspecified atom stereocenters. The Morgan fingerprint density at radius 1 is 0.906 bits per heavy atom. The summed E-state index contributed by atoms with van der Waals surface area (Å²) >= 11 is 0. The first-order valence-electron chi connectivity index (χ1n) is 12.1. The molecule has 3 aliphatic rings. The van der Waals surface area contributed by atoms with Gasteiger partial charge in [-0.1, -0.05) is 6.07 Å². The van der Waals surface area contributed by atoms with E-state index in [1.54, 1.807) is 0 Å². The maximum Gasteiger partial charge on any atom is 0.161 e. The highest BCUT2D eigenvalue weighted by Gasteiger charge is 2.37. The minimum absolute atomic E-state index is 0.603. The Bertz CT molecular complexity index is 709. The zero-order valence-corrected chi connectivity index (χ0v) is 19.5. The highest BCUT2D eigenvalue weighted by Crippen LogP contribution is 2.31. The van der Waals surface area contributed by atoms with Crippen molar-refractivity contribution in [2.75, 3.05) is 92.0 Å². The number of hydrogen-bond donors (Lipinski definition) is 1. The Hall–Kier alpha value is -1.42. The third-order valence-corrected chi connectivity index (χ3v) is 6.52. The second-order valence-corrected chi connectivity index (χ2v) is 9.09. The van der Waals surface area contributed by atoms with Gasteiger partial charge < -0.3 is 24.1 Å². The first-order valence-corrected chi connectivity index (χ1v) is 12.1. The van der Waals surface area contributed by atoms with E-state index in [2.05, 4.69) is 26.8 Å². The molecule has 1 N–H and O–H groups in total. The lowest BCUT2D eigenvalue weighted by Crippen LogP contribution is -2.48. The third kappa shape index (κ3) is 6.79. The molecular formula is C24H39N3O5. The average Bonchev–Trinajstić information content (AvgIpc) is 3.16. The lowest BCUT2D eigenvalue weighted by molar-refractivity contribution is -0.0266. The molecule has 3 heterocycles. The van der Waals surface area contributed by atoms with E-state index in [0.29, 0.717) is 19.8 Å². The monoisotopic (exact) mass is 449 g/mol. The van der Waals surface area contributed by atoms with Crippen LogP contribution in [0.2, 0.25) is 0 Å². The molecule has 3 saturated heterocycles. The molecular weight excluding hydrogens is 410 g/mol. The van der Waals surface area contributed by atoms with Crippen LogP contribution in [-0.2, 0) is 16.0 Å². The van der Waals surface area contributed by atoms with E-state index in [9.17, 15) is 5.11 Å². The van der Waals surface area contributed by atoms with Crippen molar-refractivity contribution in [2.24, 2.45) is 0 Å². The largest absolute Gasteiger partial charge is 0.490 e. The van der Waals surface area contributed by atoms with Crippen molar-refractivity contribution >= 4 is 0 Å². The van der Waals surface area contributed by atoms with E-state index in [-0.39, 0.29) is 0 Å². The molecule has 3 fully saturated rings. The van der Waals surface area contributed by atoms with Crippen molar-refractivity contribution in [2.45, 2.75) is 25.5 Å². The van der Waals surface area contributed by atoms with E-state index in [0.717, 1.165) is 96.7 Å². The van der Waals surface area contributed by atoms with E-state index in [1.807, 2.05) is 13.0 Å². The van der Waals surface area contributed by atoms with Crippen LogP contribution in [0.15, 0.2) is 18.2 Å². The molecule has 0 aromatic heterocycles. The van der Waals surface area contributed by atoms with Gasteiger partial charge in [-0.3, -0.25) is 14.7 Å². The van der Waals surface area contributed by atoms with Gasteiger partial charge in [-0.05, 0) is 31.0 Å². The maximum absolute atomic E-state index is 11.1. The van der Waals surface area contributed by atoms with Crippen molar-refractivity contribution in [3.8, 4) is 11.5 Å². The second kappa shape index (κ2) is 11.6. The average molecular weight is 450 g/mol. The maximum atomic E-state index is 11.1. The summed E-state index contributed by atoms with van der Waals surface area (Å²) < 4.78 is 22.8. The van der Waals surface area contributed by atoms with E-state index in [4.69, 9.17) is 18.9 Å². The fourth-order valence-electron chi connectivity index (χ4n) is 4.79. The number of β-amino-alcohol motifs (C(OH)–C–C–N with tert-alkyl or cyclic N) is 1. The van der Waals surface area contributed by atoms with Gasteiger partial charge >= 0.3 is 0 Å². The van der Waals surface area contributed by atoms with Gasteiger partial charge in [-0.2, -0.15) is 0 Å². The van der Waals surface area contributed by atoms with Crippen LogP contribution in [0, 0.1) is 0 Å². The molecule has 1 aromatic rings. The summed E-state index contributed by atoms with van der Waals surface area (Å²) in [7, 11) is 0. The quantitative estimate of drug-likeness (QED) is 0.569. The number of nitrogens with zero attached hydrogens (tertiary/aromatic N) is 3. The molecule has 0 spiro atoms. The summed E-state index contributed by atoms with van der Waals surface area (Å²) in [6.07, 6.45) is 0.811. The Morgan fingerprint density at radius 3 is 2.34 bits per heavy atom. The molecule has 8 heteroatoms. The number of rotatable bonds is 10. The standard InChI is InChI=1S/C24H39N3O5/c1-2-31-23-17-21(3-4-22(23)32-16-11-25-7-12-29-13-8-25)18-27-6-5-24(28,20-27)19-26-9-14-30-15-10-26/h3-4,17,28H,2,5-16,18-20H2,1H3. The van der Waals surface area contributed by atoms with Gasteiger partial charge in [0.05, 0.1) is 38.6 Å². The topological polar surface area (TPSA) is 66.9 Å². The molecule has 0 aliphatic carbocycles. The van der Waals surface area contributed by atoms with Gasteiger partial charge in [-0.25, -0.2) is 0 Å². The molecule has 0 amide bonds. The van der Waals surface area contributed by atoms with Crippen LogP contribution in [0.3, 0.4) is 0 Å². The molecule has 4 rings (SSSR count). The highest BCUT2D eigenvalue weighted by molar-refractivity contribution is 5.43. The predicted molar refractivity (Wildman–Crippen MR) is 122 cm³/mol. The van der Waals surface area contributed by atoms with Crippen LogP contribution in [-0.4, -0.2) is 117 Å². The molecule has 0 bridgehead atoms. The van der Waals surface area contributed by atoms with Crippen molar-refractivity contribution in [1.29, 1.82) is 0 Å².